The first-order chi connectivity index (χ1) is 9.66. The number of nitrogens with two attached hydrogens (primary N) is 1. The van der Waals surface area contributed by atoms with Crippen LogP contribution in [0.2, 0.25) is 0 Å². The molecule has 0 aliphatic rings. The summed E-state index contributed by atoms with van der Waals surface area (Å²) in [6.07, 6.45) is -0.560. The standard InChI is InChI=1S/C17H28N2O2/c1-11(2)14-8-7-12(3)9-15(14)21-13(4)16(20)19-17(5,6)10-18/h7-9,11,13H,10,18H2,1-6H3,(H,19,20). The van der Waals surface area contributed by atoms with Gasteiger partial charge in [0.05, 0.1) is 0 Å². The van der Waals surface area contributed by atoms with Gasteiger partial charge in [-0.25, -0.2) is 0 Å². The highest BCUT2D eigenvalue weighted by atomic mass is 16.5. The second kappa shape index (κ2) is 6.94. The first kappa shape index (κ1) is 17.5. The molecule has 1 atom stereocenters. The molecule has 0 saturated heterocycles. The number of hydrogen-bond donors (Lipinski definition) is 2. The van der Waals surface area contributed by atoms with E-state index in [1.165, 1.54) is 0 Å². The Morgan fingerprint density at radius 3 is 2.48 bits per heavy atom. The number of nitrogens with one attached hydrogen (secondary N) is 1. The lowest BCUT2D eigenvalue weighted by molar-refractivity contribution is -0.128. The van der Waals surface area contributed by atoms with E-state index >= 15 is 0 Å². The fraction of sp³-hybridized carbons (Fsp3) is 0.588. The van der Waals surface area contributed by atoms with Crippen molar-refractivity contribution in [3.05, 3.63) is 29.3 Å². The van der Waals surface area contributed by atoms with Crippen LogP contribution in [0.15, 0.2) is 18.2 Å². The van der Waals surface area contributed by atoms with Crippen LogP contribution in [0.1, 0.15) is 51.7 Å². The Kier molecular flexibility index (Phi) is 5.78. The van der Waals surface area contributed by atoms with Crippen molar-refractivity contribution in [3.8, 4) is 5.75 Å². The van der Waals surface area contributed by atoms with Gasteiger partial charge < -0.3 is 15.8 Å². The summed E-state index contributed by atoms with van der Waals surface area (Å²) < 4.78 is 5.89. The van der Waals surface area contributed by atoms with E-state index in [0.29, 0.717) is 12.5 Å². The molecule has 0 spiro atoms. The van der Waals surface area contributed by atoms with Gasteiger partial charge in [0.1, 0.15) is 5.75 Å². The molecule has 1 unspecified atom stereocenters. The van der Waals surface area contributed by atoms with E-state index < -0.39 is 11.6 Å². The number of rotatable bonds is 6. The largest absolute Gasteiger partial charge is 0.481 e. The molecule has 1 rings (SSSR count). The van der Waals surface area contributed by atoms with E-state index in [9.17, 15) is 4.79 Å². The van der Waals surface area contributed by atoms with Crippen LogP contribution in [-0.2, 0) is 4.79 Å². The Labute approximate surface area is 128 Å². The van der Waals surface area contributed by atoms with Crippen LogP contribution >= 0.6 is 0 Å². The Hall–Kier alpha value is -1.55. The molecular weight excluding hydrogens is 264 g/mol. The van der Waals surface area contributed by atoms with Gasteiger partial charge in [0.2, 0.25) is 0 Å². The second-order valence-corrected chi connectivity index (χ2v) is 6.53. The maximum atomic E-state index is 12.2. The molecule has 0 heterocycles. The van der Waals surface area contributed by atoms with Crippen LogP contribution in [0.25, 0.3) is 0 Å². The summed E-state index contributed by atoms with van der Waals surface area (Å²) >= 11 is 0. The number of benzene rings is 1. The highest BCUT2D eigenvalue weighted by molar-refractivity contribution is 5.81. The quantitative estimate of drug-likeness (QED) is 0.847. The Morgan fingerprint density at radius 2 is 1.95 bits per heavy atom. The lowest BCUT2D eigenvalue weighted by Crippen LogP contribution is -2.52. The van der Waals surface area contributed by atoms with Crippen molar-refractivity contribution in [2.75, 3.05) is 6.54 Å². The third-order valence-electron chi connectivity index (χ3n) is 3.44. The molecule has 1 amide bonds. The van der Waals surface area contributed by atoms with Gasteiger partial charge in [-0.15, -0.1) is 0 Å². The van der Waals surface area contributed by atoms with Crippen LogP contribution in [0.4, 0.5) is 0 Å². The van der Waals surface area contributed by atoms with Gasteiger partial charge in [-0.1, -0.05) is 26.0 Å². The van der Waals surface area contributed by atoms with Crippen molar-refractivity contribution in [3.63, 3.8) is 0 Å². The summed E-state index contributed by atoms with van der Waals surface area (Å²) in [5.74, 6) is 0.969. The maximum absolute atomic E-state index is 12.2. The molecular formula is C17H28N2O2. The normalized spacial score (nSPS) is 13.1. The molecule has 1 aromatic carbocycles. The highest BCUT2D eigenvalue weighted by Crippen LogP contribution is 2.28. The molecule has 118 valence electrons. The van der Waals surface area contributed by atoms with Gasteiger partial charge in [0.25, 0.3) is 5.91 Å². The molecule has 0 aliphatic carbocycles. The molecule has 1 aromatic rings. The number of carbonyl (C=O) groups is 1. The van der Waals surface area contributed by atoms with Crippen molar-refractivity contribution < 1.29 is 9.53 Å². The molecule has 3 N–H and O–H groups in total. The summed E-state index contributed by atoms with van der Waals surface area (Å²) in [6, 6.07) is 6.10. The number of aryl methyl sites for hydroxylation is 1. The van der Waals surface area contributed by atoms with Gasteiger partial charge in [-0.2, -0.15) is 0 Å². The van der Waals surface area contributed by atoms with E-state index in [1.807, 2.05) is 26.8 Å². The topological polar surface area (TPSA) is 64.3 Å². The lowest BCUT2D eigenvalue weighted by atomic mass is 10.0. The summed E-state index contributed by atoms with van der Waals surface area (Å²) in [5.41, 5.74) is 7.43. The number of amides is 1. The summed E-state index contributed by atoms with van der Waals surface area (Å²) in [6.45, 7) is 12.2. The van der Waals surface area contributed by atoms with E-state index in [2.05, 4.69) is 31.3 Å². The fourth-order valence-electron chi connectivity index (χ4n) is 1.95. The molecule has 0 radical (unpaired) electrons. The lowest BCUT2D eigenvalue weighted by Gasteiger charge is -2.27. The predicted octanol–water partition coefficient (Wildman–Crippen LogP) is 2.74. The van der Waals surface area contributed by atoms with Crippen LogP contribution in [0, 0.1) is 6.92 Å². The third kappa shape index (κ3) is 5.05. The van der Waals surface area contributed by atoms with Gasteiger partial charge in [-0.05, 0) is 50.8 Å². The van der Waals surface area contributed by atoms with Crippen LogP contribution in [-0.4, -0.2) is 24.1 Å². The van der Waals surface area contributed by atoms with E-state index in [1.54, 1.807) is 6.92 Å². The molecule has 0 aliphatic heterocycles. The van der Waals surface area contributed by atoms with Gasteiger partial charge >= 0.3 is 0 Å². The van der Waals surface area contributed by atoms with Crippen LogP contribution < -0.4 is 15.8 Å². The average molecular weight is 292 g/mol. The van der Waals surface area contributed by atoms with E-state index in [-0.39, 0.29) is 5.91 Å². The van der Waals surface area contributed by atoms with Crippen molar-refractivity contribution >= 4 is 5.91 Å². The minimum absolute atomic E-state index is 0.151. The number of hydrogen-bond acceptors (Lipinski definition) is 3. The fourth-order valence-corrected chi connectivity index (χ4v) is 1.95. The maximum Gasteiger partial charge on any atom is 0.261 e. The zero-order valence-corrected chi connectivity index (χ0v) is 14.0. The van der Waals surface area contributed by atoms with Gasteiger partial charge in [-0.3, -0.25) is 4.79 Å². The molecule has 0 saturated carbocycles. The summed E-state index contributed by atoms with van der Waals surface area (Å²) in [5, 5.41) is 2.90. The minimum Gasteiger partial charge on any atom is -0.481 e. The second-order valence-electron chi connectivity index (χ2n) is 6.53. The third-order valence-corrected chi connectivity index (χ3v) is 3.44. The van der Waals surface area contributed by atoms with Gasteiger partial charge in [0, 0.05) is 12.1 Å². The summed E-state index contributed by atoms with van der Waals surface area (Å²) in [4.78, 5) is 12.2. The molecule has 0 aromatic heterocycles. The smallest absolute Gasteiger partial charge is 0.261 e. The first-order valence-electron chi connectivity index (χ1n) is 7.45. The molecule has 0 fully saturated rings. The van der Waals surface area contributed by atoms with E-state index in [4.69, 9.17) is 10.5 Å². The van der Waals surface area contributed by atoms with Crippen molar-refractivity contribution in [2.24, 2.45) is 5.73 Å². The Bertz CT molecular complexity index is 496. The molecule has 0 bridgehead atoms. The molecule has 4 heteroatoms. The minimum atomic E-state index is -0.560. The van der Waals surface area contributed by atoms with Crippen molar-refractivity contribution in [1.82, 2.24) is 5.32 Å². The Morgan fingerprint density at radius 1 is 1.33 bits per heavy atom. The number of carbonyl (C=O) groups excluding carboxylic acids is 1. The SMILES string of the molecule is Cc1ccc(C(C)C)c(OC(C)C(=O)NC(C)(C)CN)c1. The van der Waals surface area contributed by atoms with Gasteiger partial charge in [0.15, 0.2) is 6.10 Å². The highest BCUT2D eigenvalue weighted by Gasteiger charge is 2.24. The number of ether oxygens (including phenoxy) is 1. The predicted molar refractivity (Wildman–Crippen MR) is 86.6 cm³/mol. The van der Waals surface area contributed by atoms with Crippen LogP contribution in [0.3, 0.4) is 0 Å². The first-order valence-corrected chi connectivity index (χ1v) is 7.45. The summed E-state index contributed by atoms with van der Waals surface area (Å²) in [7, 11) is 0. The van der Waals surface area contributed by atoms with Crippen LogP contribution in [0.5, 0.6) is 5.75 Å². The average Bonchev–Trinajstić information content (AvgIpc) is 2.37. The molecule has 4 nitrogen and oxygen atoms in total. The van der Waals surface area contributed by atoms with Crippen molar-refractivity contribution in [1.29, 1.82) is 0 Å². The molecule has 21 heavy (non-hydrogen) atoms. The monoisotopic (exact) mass is 292 g/mol. The van der Waals surface area contributed by atoms with E-state index in [0.717, 1.165) is 16.9 Å². The Balaban J connectivity index is 2.85. The zero-order chi connectivity index (χ0) is 16.2. The zero-order valence-electron chi connectivity index (χ0n) is 14.0. The van der Waals surface area contributed by atoms with Crippen molar-refractivity contribution in [2.45, 2.75) is 59.1 Å².